The van der Waals surface area contributed by atoms with Crippen LogP contribution in [0.2, 0.25) is 0 Å². The number of rotatable bonds is 8. The second kappa shape index (κ2) is 9.69. The summed E-state index contributed by atoms with van der Waals surface area (Å²) in [5.74, 6) is 1.62. The molecule has 1 aromatic heterocycles. The average molecular weight is 456 g/mol. The molecule has 5 rings (SSSR count). The molecule has 4 aromatic rings. The van der Waals surface area contributed by atoms with E-state index in [9.17, 15) is 9.90 Å². The van der Waals surface area contributed by atoms with Crippen molar-refractivity contribution in [2.45, 2.75) is 38.3 Å². The molecular formula is C28H29N3O3. The molecule has 0 radical (unpaired) electrons. The zero-order chi connectivity index (χ0) is 23.5. The number of anilines is 1. The second-order valence-corrected chi connectivity index (χ2v) is 8.77. The quantitative estimate of drug-likeness (QED) is 0.423. The summed E-state index contributed by atoms with van der Waals surface area (Å²) in [7, 11) is 0. The molecule has 1 aliphatic heterocycles. The van der Waals surface area contributed by atoms with Crippen LogP contribution in [0.1, 0.15) is 30.7 Å². The zero-order valence-corrected chi connectivity index (χ0v) is 19.3. The van der Waals surface area contributed by atoms with Gasteiger partial charge >= 0.3 is 0 Å². The average Bonchev–Trinajstić information content (AvgIpc) is 3.44. The number of hydrogen-bond donors (Lipinski definition) is 1. The van der Waals surface area contributed by atoms with Crippen LogP contribution in [0.4, 0.5) is 5.69 Å². The highest BCUT2D eigenvalue weighted by atomic mass is 16.5. The van der Waals surface area contributed by atoms with Gasteiger partial charge in [0.2, 0.25) is 5.91 Å². The second-order valence-electron chi connectivity index (χ2n) is 8.77. The van der Waals surface area contributed by atoms with Crippen LogP contribution in [-0.4, -0.2) is 39.8 Å². The predicted molar refractivity (Wildman–Crippen MR) is 133 cm³/mol. The van der Waals surface area contributed by atoms with E-state index in [2.05, 4.69) is 11.5 Å². The van der Waals surface area contributed by atoms with Crippen molar-refractivity contribution >= 4 is 22.6 Å². The Kier molecular flexibility index (Phi) is 6.32. The Bertz CT molecular complexity index is 1270. The van der Waals surface area contributed by atoms with E-state index >= 15 is 0 Å². The van der Waals surface area contributed by atoms with E-state index in [0.717, 1.165) is 34.7 Å². The van der Waals surface area contributed by atoms with Gasteiger partial charge in [-0.3, -0.25) is 4.79 Å². The lowest BCUT2D eigenvalue weighted by Gasteiger charge is -2.19. The summed E-state index contributed by atoms with van der Waals surface area (Å²) in [6.07, 6.45) is 0.656. The lowest BCUT2D eigenvalue weighted by Crippen LogP contribution is -2.26. The molecule has 0 saturated carbocycles. The molecule has 1 amide bonds. The lowest BCUT2D eigenvalue weighted by molar-refractivity contribution is -0.117. The number of aromatic nitrogens is 2. The SMILES string of the molecule is CCc1ccc(OC[C@H](O)Cn2c([C@H]3CC(=O)N(c4ccccc4)C3)nc3ccccc32)cc1. The number of fused-ring (bicyclic) bond motifs is 1. The first-order chi connectivity index (χ1) is 16.6. The van der Waals surface area contributed by atoms with Gasteiger partial charge in [0.15, 0.2) is 0 Å². The third-order valence-electron chi connectivity index (χ3n) is 6.41. The molecule has 0 aliphatic carbocycles. The van der Waals surface area contributed by atoms with Gasteiger partial charge < -0.3 is 19.3 Å². The van der Waals surface area contributed by atoms with Crippen molar-refractivity contribution in [3.8, 4) is 5.75 Å². The Labute approximate surface area is 199 Å². The molecule has 3 aromatic carbocycles. The van der Waals surface area contributed by atoms with Crippen LogP contribution >= 0.6 is 0 Å². The largest absolute Gasteiger partial charge is 0.491 e. The van der Waals surface area contributed by atoms with E-state index in [1.54, 1.807) is 0 Å². The molecule has 6 nitrogen and oxygen atoms in total. The van der Waals surface area contributed by atoms with E-state index in [1.165, 1.54) is 5.56 Å². The van der Waals surface area contributed by atoms with Gasteiger partial charge in [0, 0.05) is 24.6 Å². The predicted octanol–water partition coefficient (Wildman–Crippen LogP) is 4.56. The standard InChI is InChI=1S/C28H29N3O3/c1-2-20-12-14-24(15-13-20)34-19-23(32)18-31-26-11-7-6-10-25(26)29-28(31)21-16-27(33)30(17-21)22-8-4-3-5-9-22/h3-15,21,23,32H,2,16-19H2,1H3/t21-,23+/m0/s1. The van der Waals surface area contributed by atoms with Gasteiger partial charge in [-0.05, 0) is 48.4 Å². The number of ether oxygens (including phenoxy) is 1. The van der Waals surface area contributed by atoms with Gasteiger partial charge in [-0.15, -0.1) is 0 Å². The van der Waals surface area contributed by atoms with Crippen molar-refractivity contribution in [1.29, 1.82) is 0 Å². The number of imidazole rings is 1. The van der Waals surface area contributed by atoms with E-state index < -0.39 is 6.10 Å². The summed E-state index contributed by atoms with van der Waals surface area (Å²) in [5, 5.41) is 10.8. The number of hydrogen-bond acceptors (Lipinski definition) is 4. The highest BCUT2D eigenvalue weighted by Crippen LogP contribution is 2.33. The lowest BCUT2D eigenvalue weighted by atomic mass is 10.1. The minimum Gasteiger partial charge on any atom is -0.491 e. The minimum absolute atomic E-state index is 0.0465. The van der Waals surface area contributed by atoms with E-state index in [1.807, 2.05) is 83.8 Å². The maximum atomic E-state index is 12.8. The number of carbonyl (C=O) groups is 1. The van der Waals surface area contributed by atoms with Gasteiger partial charge in [0.25, 0.3) is 0 Å². The minimum atomic E-state index is -0.718. The van der Waals surface area contributed by atoms with Crippen LogP contribution in [0.5, 0.6) is 5.75 Å². The zero-order valence-electron chi connectivity index (χ0n) is 19.3. The molecule has 174 valence electrons. The van der Waals surface area contributed by atoms with Crippen molar-refractivity contribution in [3.05, 3.63) is 90.3 Å². The van der Waals surface area contributed by atoms with Gasteiger partial charge in [0.1, 0.15) is 24.3 Å². The van der Waals surface area contributed by atoms with E-state index in [0.29, 0.717) is 19.5 Å². The Morgan fingerprint density at radius 1 is 1.03 bits per heavy atom. The van der Waals surface area contributed by atoms with Gasteiger partial charge in [0.05, 0.1) is 17.6 Å². The first kappa shape index (κ1) is 22.2. The molecule has 34 heavy (non-hydrogen) atoms. The fourth-order valence-electron chi connectivity index (χ4n) is 4.61. The molecule has 1 aliphatic rings. The molecule has 2 atom stereocenters. The summed E-state index contributed by atoms with van der Waals surface area (Å²) in [4.78, 5) is 19.5. The number of benzene rings is 3. The van der Waals surface area contributed by atoms with Crippen molar-refractivity contribution in [3.63, 3.8) is 0 Å². The fourth-order valence-corrected chi connectivity index (χ4v) is 4.61. The summed E-state index contributed by atoms with van der Waals surface area (Å²) in [6, 6.07) is 25.6. The molecule has 0 spiro atoms. The highest BCUT2D eigenvalue weighted by molar-refractivity contribution is 5.96. The number of nitrogens with zero attached hydrogens (tertiary/aromatic N) is 3. The van der Waals surface area contributed by atoms with E-state index in [4.69, 9.17) is 9.72 Å². The summed E-state index contributed by atoms with van der Waals surface area (Å²) >= 11 is 0. The summed E-state index contributed by atoms with van der Waals surface area (Å²) < 4.78 is 7.89. The number of amides is 1. The normalized spacial score (nSPS) is 16.8. The molecule has 1 saturated heterocycles. The summed E-state index contributed by atoms with van der Waals surface area (Å²) in [5.41, 5.74) is 3.97. The van der Waals surface area contributed by atoms with Crippen LogP contribution in [0.15, 0.2) is 78.9 Å². The number of para-hydroxylation sites is 3. The van der Waals surface area contributed by atoms with Gasteiger partial charge in [-0.1, -0.05) is 49.4 Å². The van der Waals surface area contributed by atoms with Gasteiger partial charge in [-0.25, -0.2) is 4.98 Å². The van der Waals surface area contributed by atoms with Crippen molar-refractivity contribution < 1.29 is 14.6 Å². The van der Waals surface area contributed by atoms with E-state index in [-0.39, 0.29) is 18.4 Å². The number of aliphatic hydroxyl groups is 1. The highest BCUT2D eigenvalue weighted by Gasteiger charge is 2.35. The molecule has 2 heterocycles. The van der Waals surface area contributed by atoms with Crippen molar-refractivity contribution in [1.82, 2.24) is 9.55 Å². The third kappa shape index (κ3) is 4.54. The third-order valence-corrected chi connectivity index (χ3v) is 6.41. The Hall–Kier alpha value is -3.64. The number of carbonyl (C=O) groups excluding carboxylic acids is 1. The van der Waals surface area contributed by atoms with Gasteiger partial charge in [-0.2, -0.15) is 0 Å². The smallest absolute Gasteiger partial charge is 0.227 e. The summed E-state index contributed by atoms with van der Waals surface area (Å²) in [6.45, 7) is 3.21. The maximum absolute atomic E-state index is 12.8. The molecule has 0 unspecified atom stereocenters. The number of aliphatic hydroxyl groups excluding tert-OH is 1. The van der Waals surface area contributed by atoms with Crippen LogP contribution in [0.3, 0.4) is 0 Å². The fraction of sp³-hybridized carbons (Fsp3) is 0.286. The monoisotopic (exact) mass is 455 g/mol. The number of aryl methyl sites for hydroxylation is 1. The molecule has 1 fully saturated rings. The van der Waals surface area contributed by atoms with Crippen molar-refractivity contribution in [2.75, 3.05) is 18.1 Å². The van der Waals surface area contributed by atoms with Crippen LogP contribution in [0, 0.1) is 0 Å². The Morgan fingerprint density at radius 2 is 1.76 bits per heavy atom. The molecule has 1 N–H and O–H groups in total. The molecular weight excluding hydrogens is 426 g/mol. The first-order valence-corrected chi connectivity index (χ1v) is 11.8. The Morgan fingerprint density at radius 3 is 2.53 bits per heavy atom. The molecule has 0 bridgehead atoms. The molecule has 6 heteroatoms. The van der Waals surface area contributed by atoms with Crippen molar-refractivity contribution in [2.24, 2.45) is 0 Å². The first-order valence-electron chi connectivity index (χ1n) is 11.8. The Balaban J connectivity index is 1.35. The van der Waals surface area contributed by atoms with Crippen LogP contribution in [-0.2, 0) is 17.8 Å². The van der Waals surface area contributed by atoms with Crippen LogP contribution < -0.4 is 9.64 Å². The maximum Gasteiger partial charge on any atom is 0.227 e. The topological polar surface area (TPSA) is 67.6 Å². The van der Waals surface area contributed by atoms with Crippen LogP contribution in [0.25, 0.3) is 11.0 Å².